The number of benzene rings is 1. The fourth-order valence-electron chi connectivity index (χ4n) is 1.67. The summed E-state index contributed by atoms with van der Waals surface area (Å²) in [5.74, 6) is -0.889. The van der Waals surface area contributed by atoms with Crippen LogP contribution in [0.2, 0.25) is 0 Å². The summed E-state index contributed by atoms with van der Waals surface area (Å²) in [5, 5.41) is 2.95. The maximum Gasteiger partial charge on any atom is 0.252 e. The molecule has 0 unspecified atom stereocenters. The Bertz CT molecular complexity index is 747. The molecule has 4 nitrogen and oxygen atoms in total. The van der Waals surface area contributed by atoms with Gasteiger partial charge in [-0.05, 0) is 41.1 Å². The fourth-order valence-corrected chi connectivity index (χ4v) is 2.01. The van der Waals surface area contributed by atoms with Crippen LogP contribution in [0, 0.1) is 18.6 Å². The Morgan fingerprint density at radius 1 is 1.22 bits per heavy atom. The topological polar surface area (TPSA) is 46.0 Å². The Labute approximate surface area is 109 Å². The van der Waals surface area contributed by atoms with Gasteiger partial charge in [0.05, 0.1) is 5.69 Å². The van der Waals surface area contributed by atoms with E-state index in [1.165, 1.54) is 6.07 Å². The van der Waals surface area contributed by atoms with Crippen molar-refractivity contribution in [2.45, 2.75) is 6.92 Å². The van der Waals surface area contributed by atoms with E-state index in [4.69, 9.17) is 0 Å². The minimum atomic E-state index is -0.906. The minimum absolute atomic E-state index is 0.428. The number of fused-ring (bicyclic) bond motifs is 1. The molecule has 0 saturated carbocycles. The summed E-state index contributed by atoms with van der Waals surface area (Å²) in [7, 11) is 0. The van der Waals surface area contributed by atoms with Crippen LogP contribution in [0.15, 0.2) is 22.8 Å². The van der Waals surface area contributed by atoms with E-state index in [-0.39, 0.29) is 0 Å². The number of hydrogen-bond donors (Lipinski definition) is 1. The molecule has 1 N–H and O–H groups in total. The molecule has 0 amide bonds. The summed E-state index contributed by atoms with van der Waals surface area (Å²) in [5.41, 5.74) is 1.26. The van der Waals surface area contributed by atoms with E-state index in [0.29, 0.717) is 17.2 Å². The number of aryl methyl sites for hydroxylation is 1. The monoisotopic (exact) mass is 312 g/mol. The van der Waals surface area contributed by atoms with Gasteiger partial charge in [-0.2, -0.15) is 4.98 Å². The number of rotatable bonds is 1. The van der Waals surface area contributed by atoms with Crippen molar-refractivity contribution < 1.29 is 8.78 Å². The maximum atomic E-state index is 13.1. The molecule has 3 rings (SSSR count). The predicted octanol–water partition coefficient (Wildman–Crippen LogP) is 3.07. The second-order valence-electron chi connectivity index (χ2n) is 3.82. The number of aromatic nitrogens is 4. The summed E-state index contributed by atoms with van der Waals surface area (Å²) in [6, 6.07) is 3.61. The molecule has 0 radical (unpaired) electrons. The minimum Gasteiger partial charge on any atom is -0.273 e. The van der Waals surface area contributed by atoms with Gasteiger partial charge in [0.15, 0.2) is 17.5 Å². The number of imidazole rings is 1. The van der Waals surface area contributed by atoms with E-state index in [9.17, 15) is 8.78 Å². The number of nitrogens with zero attached hydrogens (tertiary/aromatic N) is 3. The van der Waals surface area contributed by atoms with Crippen molar-refractivity contribution in [3.63, 3.8) is 0 Å². The highest BCUT2D eigenvalue weighted by atomic mass is 79.9. The lowest BCUT2D eigenvalue weighted by molar-refractivity contribution is 0.509. The zero-order chi connectivity index (χ0) is 12.9. The van der Waals surface area contributed by atoms with Crippen LogP contribution in [-0.2, 0) is 0 Å². The standard InChI is InChI=1S/C11H7BrF2N4/c1-5-9(12)18-11(15-5)16-10(17-18)6-2-3-7(13)8(14)4-6/h2-4H,1H3,(H,15,16,17). The quantitative estimate of drug-likeness (QED) is 0.750. The first-order valence-electron chi connectivity index (χ1n) is 5.12. The average molecular weight is 313 g/mol. The van der Waals surface area contributed by atoms with Crippen LogP contribution in [0.1, 0.15) is 5.69 Å². The van der Waals surface area contributed by atoms with E-state index in [2.05, 4.69) is 31.0 Å². The fraction of sp³-hybridized carbons (Fsp3) is 0.0909. The Balaban J connectivity index is 2.16. The largest absolute Gasteiger partial charge is 0.273 e. The molecule has 2 heterocycles. The van der Waals surface area contributed by atoms with Crippen LogP contribution in [0.4, 0.5) is 8.78 Å². The van der Waals surface area contributed by atoms with Crippen LogP contribution in [0.25, 0.3) is 17.2 Å². The molecule has 3 aromatic rings. The third-order valence-corrected chi connectivity index (χ3v) is 3.51. The van der Waals surface area contributed by atoms with Gasteiger partial charge in [-0.15, -0.1) is 0 Å². The Kier molecular flexibility index (Phi) is 2.44. The smallest absolute Gasteiger partial charge is 0.252 e. The average Bonchev–Trinajstić information content (AvgIpc) is 2.85. The number of halogens is 3. The number of H-pyrrole nitrogens is 1. The summed E-state index contributed by atoms with van der Waals surface area (Å²) in [4.78, 5) is 8.42. The van der Waals surface area contributed by atoms with Crippen LogP contribution < -0.4 is 0 Å². The van der Waals surface area contributed by atoms with Crippen molar-refractivity contribution in [2.75, 3.05) is 0 Å². The summed E-state index contributed by atoms with van der Waals surface area (Å²) < 4.78 is 28.4. The van der Waals surface area contributed by atoms with E-state index in [1.807, 2.05) is 6.92 Å². The summed E-state index contributed by atoms with van der Waals surface area (Å²) >= 11 is 3.36. The van der Waals surface area contributed by atoms with Crippen LogP contribution in [0.3, 0.4) is 0 Å². The molecule has 0 aliphatic carbocycles. The van der Waals surface area contributed by atoms with Gasteiger partial charge in [-0.3, -0.25) is 5.10 Å². The molecule has 1 aromatic carbocycles. The molecule has 0 saturated heterocycles. The van der Waals surface area contributed by atoms with Gasteiger partial charge in [0.25, 0.3) is 5.78 Å². The van der Waals surface area contributed by atoms with Crippen LogP contribution in [-0.4, -0.2) is 19.6 Å². The normalized spacial score (nSPS) is 11.3. The molecule has 0 fully saturated rings. The zero-order valence-electron chi connectivity index (χ0n) is 9.21. The van der Waals surface area contributed by atoms with Crippen molar-refractivity contribution in [2.24, 2.45) is 0 Å². The highest BCUT2D eigenvalue weighted by Gasteiger charge is 2.13. The second kappa shape index (κ2) is 3.88. The van der Waals surface area contributed by atoms with Gasteiger partial charge in [0.2, 0.25) is 0 Å². The van der Waals surface area contributed by atoms with Crippen molar-refractivity contribution in [1.29, 1.82) is 0 Å². The molecular formula is C11H7BrF2N4. The van der Waals surface area contributed by atoms with Crippen molar-refractivity contribution in [1.82, 2.24) is 19.6 Å². The van der Waals surface area contributed by atoms with E-state index in [0.717, 1.165) is 22.4 Å². The van der Waals surface area contributed by atoms with Gasteiger partial charge >= 0.3 is 0 Å². The first-order valence-corrected chi connectivity index (χ1v) is 5.91. The molecule has 92 valence electrons. The van der Waals surface area contributed by atoms with Gasteiger partial charge < -0.3 is 0 Å². The number of hydrogen-bond acceptors (Lipinski definition) is 2. The number of nitrogens with one attached hydrogen (secondary N) is 1. The first kappa shape index (κ1) is 11.3. The van der Waals surface area contributed by atoms with E-state index >= 15 is 0 Å². The highest BCUT2D eigenvalue weighted by Crippen LogP contribution is 2.22. The maximum absolute atomic E-state index is 13.1. The second-order valence-corrected chi connectivity index (χ2v) is 4.58. The number of aromatic amines is 1. The first-order chi connectivity index (χ1) is 8.56. The van der Waals surface area contributed by atoms with Crippen LogP contribution in [0.5, 0.6) is 0 Å². The molecule has 0 aliphatic heterocycles. The van der Waals surface area contributed by atoms with Crippen molar-refractivity contribution in [3.05, 3.63) is 40.1 Å². The van der Waals surface area contributed by atoms with E-state index in [1.54, 1.807) is 4.52 Å². The SMILES string of the molecule is Cc1nc2nc(-c3ccc(F)c(F)c3)[nH]n2c1Br. The van der Waals surface area contributed by atoms with Gasteiger partial charge in [-0.1, -0.05) is 0 Å². The van der Waals surface area contributed by atoms with Gasteiger partial charge in [-0.25, -0.2) is 18.3 Å². The molecule has 18 heavy (non-hydrogen) atoms. The van der Waals surface area contributed by atoms with Crippen molar-refractivity contribution in [3.8, 4) is 11.4 Å². The predicted molar refractivity (Wildman–Crippen MR) is 65.1 cm³/mol. The lowest BCUT2D eigenvalue weighted by Crippen LogP contribution is -1.89. The third-order valence-electron chi connectivity index (χ3n) is 2.59. The van der Waals surface area contributed by atoms with E-state index < -0.39 is 11.6 Å². The molecule has 7 heteroatoms. The molecular weight excluding hydrogens is 306 g/mol. The molecule has 2 aromatic heterocycles. The lowest BCUT2D eigenvalue weighted by Gasteiger charge is -1.97. The van der Waals surface area contributed by atoms with Gasteiger partial charge in [0.1, 0.15) is 4.60 Å². The molecule has 0 spiro atoms. The molecule has 0 atom stereocenters. The third kappa shape index (κ3) is 1.62. The lowest BCUT2D eigenvalue weighted by atomic mass is 10.2. The summed E-state index contributed by atoms with van der Waals surface area (Å²) in [6.45, 7) is 1.84. The molecule has 0 bridgehead atoms. The Morgan fingerprint density at radius 3 is 2.67 bits per heavy atom. The highest BCUT2D eigenvalue weighted by molar-refractivity contribution is 9.10. The molecule has 0 aliphatic rings. The zero-order valence-corrected chi connectivity index (χ0v) is 10.8. The van der Waals surface area contributed by atoms with Crippen molar-refractivity contribution >= 4 is 21.7 Å². The van der Waals surface area contributed by atoms with Crippen LogP contribution >= 0.6 is 15.9 Å². The summed E-state index contributed by atoms with van der Waals surface area (Å²) in [6.07, 6.45) is 0. The van der Waals surface area contributed by atoms with Gasteiger partial charge in [0, 0.05) is 5.56 Å². The Morgan fingerprint density at radius 2 is 2.00 bits per heavy atom. The Hall–Kier alpha value is -1.76.